The molecule has 35 heavy (non-hydrogen) atoms. The van der Waals surface area contributed by atoms with Crippen molar-refractivity contribution in [3.63, 3.8) is 0 Å². The second-order valence-corrected chi connectivity index (χ2v) is 10.6. The zero-order chi connectivity index (χ0) is 25.9. The van der Waals surface area contributed by atoms with E-state index in [1.165, 1.54) is 11.1 Å². The minimum absolute atomic E-state index is 0.277. The smallest absolute Gasteiger partial charge is 0.331 e. The molecule has 2 aromatic rings. The first kappa shape index (κ1) is 26.9. The summed E-state index contributed by atoms with van der Waals surface area (Å²) in [4.78, 5) is 11.1. The van der Waals surface area contributed by atoms with Crippen LogP contribution in [0.5, 0.6) is 17.2 Å². The average Bonchev–Trinajstić information content (AvgIpc) is 2.79. The van der Waals surface area contributed by atoms with Crippen molar-refractivity contribution in [2.75, 3.05) is 13.2 Å². The molecule has 0 saturated carbocycles. The fourth-order valence-electron chi connectivity index (χ4n) is 4.16. The van der Waals surface area contributed by atoms with E-state index in [2.05, 4.69) is 63.5 Å². The number of benzene rings is 2. The third-order valence-corrected chi connectivity index (χ3v) is 7.11. The summed E-state index contributed by atoms with van der Waals surface area (Å²) in [6.45, 7) is 15.1. The topological polar surface area (TPSA) is 65.0 Å². The lowest BCUT2D eigenvalue weighted by Crippen LogP contribution is -2.42. The highest BCUT2D eigenvalue weighted by atomic mass is 79.9. The standard InChI is InChI=1S/C29H35BrO5/c1-17(2)11-13-33-26-19(4)20(5)27-23(21(26)6)10-12-29(7,35-27)16-34-25-9-8-22(15-24(25)30)14-18(3)28(31)32/h8-9,11,14-15H,10,12-13,16H2,1-7H3,(H,31,32)/b18-14-. The molecule has 0 saturated heterocycles. The van der Waals surface area contributed by atoms with Gasteiger partial charge >= 0.3 is 5.97 Å². The minimum Gasteiger partial charge on any atom is -0.489 e. The SMILES string of the molecule is CC(C)=CCOc1c(C)c(C)c2c(c1C)CCC(C)(COc1ccc(/C=C(/C)C(=O)O)cc1Br)O2. The van der Waals surface area contributed by atoms with Gasteiger partial charge in [-0.1, -0.05) is 11.6 Å². The molecule has 1 aliphatic rings. The maximum atomic E-state index is 11.1. The number of hydrogen-bond acceptors (Lipinski definition) is 4. The Labute approximate surface area is 216 Å². The first-order valence-electron chi connectivity index (χ1n) is 11.8. The highest BCUT2D eigenvalue weighted by Crippen LogP contribution is 2.44. The van der Waals surface area contributed by atoms with Crippen molar-refractivity contribution in [2.24, 2.45) is 0 Å². The molecule has 0 aromatic heterocycles. The number of carboxylic acids is 1. The van der Waals surface area contributed by atoms with E-state index in [0.29, 0.717) is 19.0 Å². The molecule has 1 heterocycles. The van der Waals surface area contributed by atoms with Crippen LogP contribution in [0.1, 0.15) is 61.9 Å². The molecule has 5 nitrogen and oxygen atoms in total. The fourth-order valence-corrected chi connectivity index (χ4v) is 4.67. The summed E-state index contributed by atoms with van der Waals surface area (Å²) in [6.07, 6.45) is 5.44. The van der Waals surface area contributed by atoms with E-state index in [0.717, 1.165) is 51.1 Å². The number of fused-ring (bicyclic) bond motifs is 1. The molecular formula is C29H35BrO5. The third kappa shape index (κ3) is 6.29. The van der Waals surface area contributed by atoms with E-state index in [1.807, 2.05) is 18.2 Å². The second-order valence-electron chi connectivity index (χ2n) is 9.77. The van der Waals surface area contributed by atoms with Crippen LogP contribution in [0.25, 0.3) is 6.08 Å². The van der Waals surface area contributed by atoms with Crippen LogP contribution in [0.2, 0.25) is 0 Å². The quantitative estimate of drug-likeness (QED) is 0.278. The first-order valence-corrected chi connectivity index (χ1v) is 12.6. The van der Waals surface area contributed by atoms with Crippen molar-refractivity contribution >= 4 is 28.0 Å². The highest BCUT2D eigenvalue weighted by Gasteiger charge is 2.35. The van der Waals surface area contributed by atoms with Gasteiger partial charge in [-0.05, 0) is 124 Å². The first-order chi connectivity index (χ1) is 16.4. The predicted octanol–water partition coefficient (Wildman–Crippen LogP) is 7.37. The summed E-state index contributed by atoms with van der Waals surface area (Å²) in [7, 11) is 0. The Hall–Kier alpha value is -2.73. The number of aliphatic carboxylic acids is 1. The van der Waals surface area contributed by atoms with Crippen LogP contribution >= 0.6 is 15.9 Å². The Bertz CT molecular complexity index is 1190. The molecule has 0 bridgehead atoms. The summed E-state index contributed by atoms with van der Waals surface area (Å²) in [5.41, 5.74) is 6.41. The van der Waals surface area contributed by atoms with E-state index in [4.69, 9.17) is 19.3 Å². The summed E-state index contributed by atoms with van der Waals surface area (Å²) in [5, 5.41) is 9.09. The number of hydrogen-bond donors (Lipinski definition) is 1. The summed E-state index contributed by atoms with van der Waals surface area (Å²) < 4.78 is 19.7. The normalized spacial score (nSPS) is 17.3. The molecule has 0 amide bonds. The van der Waals surface area contributed by atoms with Gasteiger partial charge in [0, 0.05) is 11.1 Å². The Kier molecular flexibility index (Phi) is 8.37. The molecule has 1 atom stereocenters. The van der Waals surface area contributed by atoms with Gasteiger partial charge in [-0.25, -0.2) is 4.79 Å². The van der Waals surface area contributed by atoms with Crippen molar-refractivity contribution in [1.82, 2.24) is 0 Å². The van der Waals surface area contributed by atoms with Crippen molar-refractivity contribution in [3.05, 3.63) is 67.7 Å². The van der Waals surface area contributed by atoms with Gasteiger partial charge in [-0.15, -0.1) is 0 Å². The molecule has 1 N–H and O–H groups in total. The summed E-state index contributed by atoms with van der Waals surface area (Å²) >= 11 is 3.55. The number of carboxylic acid groups (broad SMARTS) is 1. The molecule has 188 valence electrons. The monoisotopic (exact) mass is 542 g/mol. The Balaban J connectivity index is 1.77. The van der Waals surface area contributed by atoms with Crippen LogP contribution in [0.3, 0.4) is 0 Å². The molecular weight excluding hydrogens is 508 g/mol. The van der Waals surface area contributed by atoms with Crippen LogP contribution < -0.4 is 14.2 Å². The van der Waals surface area contributed by atoms with E-state index >= 15 is 0 Å². The molecule has 3 rings (SSSR count). The van der Waals surface area contributed by atoms with Gasteiger partial charge in [0.2, 0.25) is 0 Å². The summed E-state index contributed by atoms with van der Waals surface area (Å²) in [5.74, 6) is 1.66. The van der Waals surface area contributed by atoms with Gasteiger partial charge in [0.25, 0.3) is 0 Å². The van der Waals surface area contributed by atoms with Crippen molar-refractivity contribution < 1.29 is 24.1 Å². The Morgan fingerprint density at radius 3 is 2.49 bits per heavy atom. The van der Waals surface area contributed by atoms with E-state index in [1.54, 1.807) is 13.0 Å². The molecule has 2 aromatic carbocycles. The number of ether oxygens (including phenoxy) is 3. The molecule has 1 aliphatic heterocycles. The van der Waals surface area contributed by atoms with E-state index in [9.17, 15) is 4.79 Å². The maximum absolute atomic E-state index is 11.1. The number of allylic oxidation sites excluding steroid dienone is 1. The molecule has 6 heteroatoms. The van der Waals surface area contributed by atoms with Crippen LogP contribution in [-0.4, -0.2) is 29.9 Å². The average molecular weight is 543 g/mol. The van der Waals surface area contributed by atoms with Gasteiger partial charge in [0.1, 0.15) is 36.1 Å². The Morgan fingerprint density at radius 2 is 1.86 bits per heavy atom. The third-order valence-electron chi connectivity index (χ3n) is 6.49. The summed E-state index contributed by atoms with van der Waals surface area (Å²) in [6, 6.07) is 5.55. The largest absolute Gasteiger partial charge is 0.489 e. The molecule has 1 unspecified atom stereocenters. The van der Waals surface area contributed by atoms with Crippen molar-refractivity contribution in [2.45, 2.75) is 66.9 Å². The van der Waals surface area contributed by atoms with Gasteiger partial charge in [0.05, 0.1) is 4.47 Å². The number of halogens is 1. The van der Waals surface area contributed by atoms with E-state index in [-0.39, 0.29) is 5.57 Å². The number of rotatable bonds is 8. The lowest BCUT2D eigenvalue weighted by atomic mass is 9.87. The lowest BCUT2D eigenvalue weighted by Gasteiger charge is -2.38. The van der Waals surface area contributed by atoms with Crippen LogP contribution in [0, 0.1) is 20.8 Å². The van der Waals surface area contributed by atoms with Gasteiger partial charge in [-0.2, -0.15) is 0 Å². The van der Waals surface area contributed by atoms with Crippen molar-refractivity contribution in [1.29, 1.82) is 0 Å². The predicted molar refractivity (Wildman–Crippen MR) is 144 cm³/mol. The molecule has 0 aliphatic carbocycles. The number of carbonyl (C=O) groups is 1. The zero-order valence-electron chi connectivity index (χ0n) is 21.7. The van der Waals surface area contributed by atoms with Gasteiger partial charge < -0.3 is 19.3 Å². The molecule has 0 spiro atoms. The van der Waals surface area contributed by atoms with Crippen LogP contribution in [-0.2, 0) is 11.2 Å². The van der Waals surface area contributed by atoms with Gasteiger partial charge in [-0.3, -0.25) is 0 Å². The maximum Gasteiger partial charge on any atom is 0.331 e. The van der Waals surface area contributed by atoms with Crippen LogP contribution in [0.15, 0.2) is 39.9 Å². The van der Waals surface area contributed by atoms with Gasteiger partial charge in [0.15, 0.2) is 0 Å². The lowest BCUT2D eigenvalue weighted by molar-refractivity contribution is -0.132. The van der Waals surface area contributed by atoms with Crippen molar-refractivity contribution in [3.8, 4) is 17.2 Å². The highest BCUT2D eigenvalue weighted by molar-refractivity contribution is 9.10. The zero-order valence-corrected chi connectivity index (χ0v) is 23.3. The molecule has 0 fully saturated rings. The second kappa shape index (κ2) is 10.9. The Morgan fingerprint density at radius 1 is 1.14 bits per heavy atom. The van der Waals surface area contributed by atoms with E-state index < -0.39 is 11.6 Å². The molecule has 0 radical (unpaired) electrons. The minimum atomic E-state index is -0.934. The fraction of sp³-hybridized carbons (Fsp3) is 0.414. The van der Waals surface area contributed by atoms with Crippen LogP contribution in [0.4, 0.5) is 0 Å².